The second-order valence-electron chi connectivity index (χ2n) is 5.30. The molecule has 0 aliphatic heterocycles. The SMILES string of the molecule is Cc1ccc(OCC(C)O)c(CNCC(C)C)c1. The average molecular weight is 251 g/mol. The van der Waals surface area contributed by atoms with E-state index in [-0.39, 0.29) is 0 Å². The molecule has 1 unspecified atom stereocenters. The molecular formula is C15H25NO2. The normalized spacial score (nSPS) is 12.8. The molecule has 18 heavy (non-hydrogen) atoms. The minimum atomic E-state index is -0.442. The zero-order valence-electron chi connectivity index (χ0n) is 11.9. The lowest BCUT2D eigenvalue weighted by molar-refractivity contribution is 0.122. The Morgan fingerprint density at radius 3 is 2.61 bits per heavy atom. The van der Waals surface area contributed by atoms with E-state index in [4.69, 9.17) is 4.74 Å². The fourth-order valence-electron chi connectivity index (χ4n) is 1.69. The van der Waals surface area contributed by atoms with E-state index in [2.05, 4.69) is 32.2 Å². The lowest BCUT2D eigenvalue weighted by atomic mass is 10.1. The van der Waals surface area contributed by atoms with Crippen LogP contribution in [0.2, 0.25) is 0 Å². The van der Waals surface area contributed by atoms with Crippen LogP contribution in [0.1, 0.15) is 31.9 Å². The van der Waals surface area contributed by atoms with Crippen molar-refractivity contribution in [2.75, 3.05) is 13.2 Å². The summed E-state index contributed by atoms with van der Waals surface area (Å²) in [6.45, 7) is 10.3. The van der Waals surface area contributed by atoms with Crippen molar-refractivity contribution in [1.82, 2.24) is 5.32 Å². The molecule has 1 rings (SSSR count). The number of hydrogen-bond acceptors (Lipinski definition) is 3. The van der Waals surface area contributed by atoms with Crippen molar-refractivity contribution in [2.24, 2.45) is 5.92 Å². The summed E-state index contributed by atoms with van der Waals surface area (Å²) in [5, 5.41) is 12.7. The van der Waals surface area contributed by atoms with Gasteiger partial charge in [-0.05, 0) is 32.4 Å². The summed E-state index contributed by atoms with van der Waals surface area (Å²) >= 11 is 0. The molecule has 0 radical (unpaired) electrons. The molecule has 2 N–H and O–H groups in total. The zero-order valence-corrected chi connectivity index (χ0v) is 11.9. The lowest BCUT2D eigenvalue weighted by Crippen LogP contribution is -2.20. The molecule has 3 heteroatoms. The maximum atomic E-state index is 9.27. The largest absolute Gasteiger partial charge is 0.491 e. The number of rotatable bonds is 7. The second-order valence-corrected chi connectivity index (χ2v) is 5.30. The van der Waals surface area contributed by atoms with E-state index in [1.54, 1.807) is 6.92 Å². The first-order valence-corrected chi connectivity index (χ1v) is 6.60. The van der Waals surface area contributed by atoms with Gasteiger partial charge in [0.15, 0.2) is 0 Å². The number of aryl methyl sites for hydroxylation is 1. The molecule has 1 aromatic rings. The summed E-state index contributed by atoms with van der Waals surface area (Å²) in [5.74, 6) is 1.49. The average Bonchev–Trinajstić information content (AvgIpc) is 2.27. The molecule has 0 saturated carbocycles. The van der Waals surface area contributed by atoms with Crippen LogP contribution in [0.3, 0.4) is 0 Å². The smallest absolute Gasteiger partial charge is 0.123 e. The summed E-state index contributed by atoms with van der Waals surface area (Å²) in [4.78, 5) is 0. The van der Waals surface area contributed by atoms with Crippen molar-refractivity contribution < 1.29 is 9.84 Å². The van der Waals surface area contributed by atoms with Gasteiger partial charge in [-0.1, -0.05) is 31.5 Å². The summed E-state index contributed by atoms with van der Waals surface area (Å²) in [5.41, 5.74) is 2.37. The third kappa shape index (κ3) is 5.52. The topological polar surface area (TPSA) is 41.5 Å². The van der Waals surface area contributed by atoms with Crippen LogP contribution in [0.4, 0.5) is 0 Å². The Labute approximate surface area is 110 Å². The van der Waals surface area contributed by atoms with Gasteiger partial charge in [0.05, 0.1) is 6.10 Å². The highest BCUT2D eigenvalue weighted by Gasteiger charge is 2.06. The Morgan fingerprint density at radius 2 is 2.00 bits per heavy atom. The third-order valence-electron chi connectivity index (χ3n) is 2.56. The minimum absolute atomic E-state index is 0.334. The van der Waals surface area contributed by atoms with Crippen LogP contribution < -0.4 is 10.1 Å². The van der Waals surface area contributed by atoms with Crippen molar-refractivity contribution in [1.29, 1.82) is 0 Å². The zero-order chi connectivity index (χ0) is 13.5. The van der Waals surface area contributed by atoms with E-state index >= 15 is 0 Å². The van der Waals surface area contributed by atoms with Gasteiger partial charge < -0.3 is 15.2 Å². The van der Waals surface area contributed by atoms with E-state index in [1.807, 2.05) is 12.1 Å². The fourth-order valence-corrected chi connectivity index (χ4v) is 1.69. The van der Waals surface area contributed by atoms with Gasteiger partial charge in [0, 0.05) is 12.1 Å². The number of aliphatic hydroxyl groups excluding tert-OH is 1. The quantitative estimate of drug-likeness (QED) is 0.782. The molecule has 0 saturated heterocycles. The van der Waals surface area contributed by atoms with Crippen LogP contribution in [0.25, 0.3) is 0 Å². The Morgan fingerprint density at radius 1 is 1.28 bits per heavy atom. The van der Waals surface area contributed by atoms with E-state index in [0.717, 1.165) is 24.4 Å². The first-order chi connectivity index (χ1) is 8.49. The molecule has 0 fully saturated rings. The lowest BCUT2D eigenvalue weighted by Gasteiger charge is -2.15. The number of ether oxygens (including phenoxy) is 1. The van der Waals surface area contributed by atoms with Gasteiger partial charge in [-0.25, -0.2) is 0 Å². The van der Waals surface area contributed by atoms with Crippen LogP contribution in [0, 0.1) is 12.8 Å². The third-order valence-corrected chi connectivity index (χ3v) is 2.56. The van der Waals surface area contributed by atoms with Crippen molar-refractivity contribution in [3.8, 4) is 5.75 Å². The number of aliphatic hydroxyl groups is 1. The molecule has 0 bridgehead atoms. The van der Waals surface area contributed by atoms with Crippen molar-refractivity contribution >= 4 is 0 Å². The van der Waals surface area contributed by atoms with E-state index in [9.17, 15) is 5.11 Å². The maximum absolute atomic E-state index is 9.27. The standard InChI is InChI=1S/C15H25NO2/c1-11(2)8-16-9-14-7-12(3)5-6-15(14)18-10-13(4)17/h5-7,11,13,16-17H,8-10H2,1-4H3. The van der Waals surface area contributed by atoms with E-state index in [0.29, 0.717) is 12.5 Å². The summed E-state index contributed by atoms with van der Waals surface area (Å²) in [6, 6.07) is 6.14. The Kier molecular flexibility index (Phi) is 6.16. The minimum Gasteiger partial charge on any atom is -0.491 e. The molecule has 1 atom stereocenters. The van der Waals surface area contributed by atoms with E-state index in [1.165, 1.54) is 5.56 Å². The summed E-state index contributed by atoms with van der Waals surface area (Å²) < 4.78 is 5.62. The molecule has 3 nitrogen and oxygen atoms in total. The molecule has 0 aliphatic rings. The number of benzene rings is 1. The monoisotopic (exact) mass is 251 g/mol. The number of nitrogens with one attached hydrogen (secondary N) is 1. The van der Waals surface area contributed by atoms with Gasteiger partial charge >= 0.3 is 0 Å². The summed E-state index contributed by atoms with van der Waals surface area (Å²) in [6.07, 6.45) is -0.442. The van der Waals surface area contributed by atoms with Crippen LogP contribution >= 0.6 is 0 Å². The highest BCUT2D eigenvalue weighted by molar-refractivity contribution is 5.36. The molecular weight excluding hydrogens is 226 g/mol. The molecule has 102 valence electrons. The Balaban J connectivity index is 2.64. The van der Waals surface area contributed by atoms with Gasteiger partial charge in [0.1, 0.15) is 12.4 Å². The van der Waals surface area contributed by atoms with Crippen LogP contribution in [0.5, 0.6) is 5.75 Å². The highest BCUT2D eigenvalue weighted by Crippen LogP contribution is 2.20. The van der Waals surface area contributed by atoms with Gasteiger partial charge in [-0.2, -0.15) is 0 Å². The molecule has 0 heterocycles. The van der Waals surface area contributed by atoms with Crippen LogP contribution in [0.15, 0.2) is 18.2 Å². The molecule has 1 aromatic carbocycles. The predicted octanol–water partition coefficient (Wildman–Crippen LogP) is 2.50. The van der Waals surface area contributed by atoms with Gasteiger partial charge in [-0.3, -0.25) is 0 Å². The van der Waals surface area contributed by atoms with Gasteiger partial charge in [0.2, 0.25) is 0 Å². The first-order valence-electron chi connectivity index (χ1n) is 6.60. The summed E-state index contributed by atoms with van der Waals surface area (Å²) in [7, 11) is 0. The molecule has 0 amide bonds. The Hall–Kier alpha value is -1.06. The molecule has 0 aliphatic carbocycles. The van der Waals surface area contributed by atoms with Crippen molar-refractivity contribution in [3.05, 3.63) is 29.3 Å². The number of hydrogen-bond donors (Lipinski definition) is 2. The van der Waals surface area contributed by atoms with Crippen molar-refractivity contribution in [2.45, 2.75) is 40.3 Å². The van der Waals surface area contributed by atoms with Gasteiger partial charge in [0.25, 0.3) is 0 Å². The van der Waals surface area contributed by atoms with Crippen molar-refractivity contribution in [3.63, 3.8) is 0 Å². The fraction of sp³-hybridized carbons (Fsp3) is 0.600. The highest BCUT2D eigenvalue weighted by atomic mass is 16.5. The maximum Gasteiger partial charge on any atom is 0.123 e. The van der Waals surface area contributed by atoms with Crippen LogP contribution in [-0.2, 0) is 6.54 Å². The molecule has 0 aromatic heterocycles. The second kappa shape index (κ2) is 7.39. The molecule has 0 spiro atoms. The predicted molar refractivity (Wildman–Crippen MR) is 74.9 cm³/mol. The first kappa shape index (κ1) is 15.0. The Bertz CT molecular complexity index is 362. The van der Waals surface area contributed by atoms with Crippen LogP contribution in [-0.4, -0.2) is 24.4 Å². The van der Waals surface area contributed by atoms with Gasteiger partial charge in [-0.15, -0.1) is 0 Å². The van der Waals surface area contributed by atoms with E-state index < -0.39 is 6.10 Å².